The van der Waals surface area contributed by atoms with E-state index in [0.29, 0.717) is 16.7 Å². The van der Waals surface area contributed by atoms with Crippen molar-refractivity contribution in [1.29, 1.82) is 0 Å². The number of nitrogens with zero attached hydrogens (tertiary/aromatic N) is 2. The number of likely N-dealkylation sites (tertiary alicyclic amines) is 2. The maximum absolute atomic E-state index is 14.1. The molecule has 5 amide bonds. The minimum atomic E-state index is -1.52. The van der Waals surface area contributed by atoms with Gasteiger partial charge in [-0.3, -0.25) is 33.8 Å². The van der Waals surface area contributed by atoms with E-state index in [1.807, 2.05) is 36.4 Å². The summed E-state index contributed by atoms with van der Waals surface area (Å²) in [5.74, 6) is -5.97. The van der Waals surface area contributed by atoms with Gasteiger partial charge in [0.25, 0.3) is 5.91 Å². The monoisotopic (exact) mass is 511 g/mol. The lowest BCUT2D eigenvalue weighted by Gasteiger charge is -2.61. The van der Waals surface area contributed by atoms with Gasteiger partial charge < -0.3 is 5.32 Å². The van der Waals surface area contributed by atoms with Crippen molar-refractivity contribution in [3.63, 3.8) is 0 Å². The number of carbonyl (C=O) groups excluding carboxylic acids is 5. The van der Waals surface area contributed by atoms with Gasteiger partial charge in [0.15, 0.2) is 0 Å². The van der Waals surface area contributed by atoms with Crippen LogP contribution in [-0.4, -0.2) is 58.0 Å². The fourth-order valence-corrected chi connectivity index (χ4v) is 7.77. The van der Waals surface area contributed by atoms with Gasteiger partial charge in [0.1, 0.15) is 0 Å². The quantitative estimate of drug-likeness (QED) is 0.490. The highest BCUT2D eigenvalue weighted by Crippen LogP contribution is 2.67. The third-order valence-corrected chi connectivity index (χ3v) is 9.18. The van der Waals surface area contributed by atoms with E-state index in [0.717, 1.165) is 0 Å². The van der Waals surface area contributed by atoms with E-state index in [-0.39, 0.29) is 24.9 Å². The highest BCUT2D eigenvalue weighted by Gasteiger charge is 2.81. The third-order valence-electron chi connectivity index (χ3n) is 9.18. The molecule has 7 rings (SSSR count). The summed E-state index contributed by atoms with van der Waals surface area (Å²) < 4.78 is 0. The molecule has 2 aromatic rings. The maximum atomic E-state index is 14.1. The van der Waals surface area contributed by atoms with Crippen molar-refractivity contribution in [2.24, 2.45) is 23.7 Å². The average molecular weight is 512 g/mol. The second-order valence-electron chi connectivity index (χ2n) is 10.6. The summed E-state index contributed by atoms with van der Waals surface area (Å²) in [6.07, 6.45) is 1.89. The van der Waals surface area contributed by atoms with Gasteiger partial charge in [-0.25, -0.2) is 0 Å². The first-order valence-corrected chi connectivity index (χ1v) is 13.1. The first kappa shape index (κ1) is 24.3. The zero-order chi connectivity index (χ0) is 27.0. The van der Waals surface area contributed by atoms with Crippen LogP contribution in [0.25, 0.3) is 0 Å². The summed E-state index contributed by atoms with van der Waals surface area (Å²) >= 11 is 0. The van der Waals surface area contributed by atoms with E-state index >= 15 is 0 Å². The number of amides is 5. The molecule has 0 spiro atoms. The van der Waals surface area contributed by atoms with Crippen LogP contribution in [0.1, 0.15) is 36.7 Å². The van der Waals surface area contributed by atoms with Crippen LogP contribution < -0.4 is 5.32 Å². The number of benzene rings is 2. The van der Waals surface area contributed by atoms with Crippen molar-refractivity contribution < 1.29 is 24.0 Å². The molecule has 0 radical (unpaired) electrons. The molecule has 2 bridgehead atoms. The second kappa shape index (κ2) is 8.21. The molecule has 2 aromatic carbocycles. The van der Waals surface area contributed by atoms with Gasteiger partial charge in [-0.2, -0.15) is 0 Å². The Kier molecular flexibility index (Phi) is 5.25. The zero-order valence-corrected chi connectivity index (χ0v) is 21.5. The smallest absolute Gasteiger partial charge is 0.252 e. The summed E-state index contributed by atoms with van der Waals surface area (Å²) in [6.45, 7) is 5.59. The van der Waals surface area contributed by atoms with Crippen LogP contribution in [-0.2, 0) is 24.6 Å². The Balaban J connectivity index is 1.68. The lowest BCUT2D eigenvalue weighted by molar-refractivity contribution is -0.144. The second-order valence-corrected chi connectivity index (χ2v) is 10.6. The predicted octanol–water partition coefficient (Wildman–Crippen LogP) is 2.31. The Morgan fingerprint density at radius 1 is 0.737 bits per heavy atom. The van der Waals surface area contributed by atoms with Crippen molar-refractivity contribution in [2.75, 3.05) is 13.1 Å². The average Bonchev–Trinajstić information content (AvgIpc) is 3.36. The van der Waals surface area contributed by atoms with E-state index in [1.165, 1.54) is 9.80 Å². The Bertz CT molecular complexity index is 1370. The summed E-state index contributed by atoms with van der Waals surface area (Å²) in [5, 5.41) is 3.08. The van der Waals surface area contributed by atoms with Crippen LogP contribution in [0.3, 0.4) is 0 Å². The first-order chi connectivity index (χ1) is 18.3. The topological polar surface area (TPSA) is 104 Å². The molecular formula is C30H29N3O5. The van der Waals surface area contributed by atoms with Crippen LogP contribution in [0.15, 0.2) is 72.3 Å². The molecule has 2 heterocycles. The number of hydrogen-bond donors (Lipinski definition) is 1. The van der Waals surface area contributed by atoms with E-state index in [4.69, 9.17) is 0 Å². The molecule has 38 heavy (non-hydrogen) atoms. The number of imide groups is 2. The minimum Gasteiger partial charge on any atom is -0.341 e. The maximum Gasteiger partial charge on any atom is 0.252 e. The molecule has 1 N–H and O–H groups in total. The number of nitrogens with one attached hydrogen (secondary N) is 1. The summed E-state index contributed by atoms with van der Waals surface area (Å²) in [4.78, 5) is 72.3. The zero-order valence-electron chi connectivity index (χ0n) is 21.5. The molecule has 8 heteroatoms. The number of hydrogen-bond acceptors (Lipinski definition) is 5. The van der Waals surface area contributed by atoms with Gasteiger partial charge in [-0.15, -0.1) is 0 Å². The minimum absolute atomic E-state index is 0.162. The largest absolute Gasteiger partial charge is 0.341 e. The van der Waals surface area contributed by atoms with Crippen LogP contribution in [0, 0.1) is 23.7 Å². The van der Waals surface area contributed by atoms with Gasteiger partial charge in [0, 0.05) is 24.1 Å². The number of carbonyl (C=O) groups is 5. The van der Waals surface area contributed by atoms with Crippen LogP contribution in [0.4, 0.5) is 0 Å². The molecule has 8 nitrogen and oxygen atoms in total. The van der Waals surface area contributed by atoms with E-state index < -0.39 is 52.3 Å². The van der Waals surface area contributed by atoms with Gasteiger partial charge in [0.2, 0.25) is 23.6 Å². The molecule has 3 fully saturated rings. The Morgan fingerprint density at radius 3 is 1.66 bits per heavy atom. The Hall–Kier alpha value is -4.07. The van der Waals surface area contributed by atoms with Crippen molar-refractivity contribution in [2.45, 2.75) is 31.7 Å². The van der Waals surface area contributed by atoms with E-state index in [1.54, 1.807) is 51.1 Å². The van der Waals surface area contributed by atoms with Crippen LogP contribution in [0.5, 0.6) is 0 Å². The SMILES string of the molecule is CCN1C(=O)[C@@H]2[C@H](C1=O)C1(NC(=O)c3ccccc3)C(C)=CC2(c2ccccc2)[C@H]2C(=O)N(CC)C(=O)[C@H]21. The molecule has 2 unspecified atom stereocenters. The lowest BCUT2D eigenvalue weighted by Crippen LogP contribution is -2.75. The van der Waals surface area contributed by atoms with E-state index in [2.05, 4.69) is 5.32 Å². The molecule has 3 aliphatic carbocycles. The molecule has 2 aliphatic heterocycles. The Labute approximate surface area is 220 Å². The normalized spacial score (nSPS) is 33.4. The molecule has 1 saturated carbocycles. The lowest BCUT2D eigenvalue weighted by atomic mass is 9.40. The predicted molar refractivity (Wildman–Crippen MR) is 137 cm³/mol. The standard InChI is InChI=1S/C30H29N3O5/c1-4-32-25(35)20-22(27(32)37)30(31-24(34)18-12-8-6-9-13-18)17(3)16-29(20,19-14-10-7-11-15-19)21-23(30)28(38)33(5-2)26(21)36/h6-16,20-23H,4-5H2,1-3H3,(H,31,34)/t20-,21+,22+,23-,29?,30?. The first-order valence-electron chi connectivity index (χ1n) is 13.1. The third kappa shape index (κ3) is 2.72. The van der Waals surface area contributed by atoms with Crippen molar-refractivity contribution in [3.8, 4) is 0 Å². The number of rotatable bonds is 5. The summed E-state index contributed by atoms with van der Waals surface area (Å²) in [6, 6.07) is 17.8. The van der Waals surface area contributed by atoms with Crippen LogP contribution >= 0.6 is 0 Å². The van der Waals surface area contributed by atoms with Crippen molar-refractivity contribution in [1.82, 2.24) is 15.1 Å². The van der Waals surface area contributed by atoms with Crippen molar-refractivity contribution in [3.05, 3.63) is 83.4 Å². The Morgan fingerprint density at radius 2 is 1.18 bits per heavy atom. The van der Waals surface area contributed by atoms with Gasteiger partial charge in [-0.1, -0.05) is 54.6 Å². The van der Waals surface area contributed by atoms with Crippen molar-refractivity contribution >= 4 is 29.5 Å². The summed E-state index contributed by atoms with van der Waals surface area (Å²) in [5.41, 5.74) is -1.03. The fourth-order valence-electron chi connectivity index (χ4n) is 7.77. The molecule has 0 aromatic heterocycles. The molecule has 6 atom stereocenters. The van der Waals surface area contributed by atoms with Gasteiger partial charge >= 0.3 is 0 Å². The van der Waals surface area contributed by atoms with Crippen LogP contribution in [0.2, 0.25) is 0 Å². The fraction of sp³-hybridized carbons (Fsp3) is 0.367. The molecule has 2 saturated heterocycles. The highest BCUT2D eigenvalue weighted by atomic mass is 16.2. The summed E-state index contributed by atoms with van der Waals surface area (Å²) in [7, 11) is 0. The molecule has 5 aliphatic rings. The van der Waals surface area contributed by atoms with Gasteiger partial charge in [0.05, 0.1) is 29.2 Å². The highest BCUT2D eigenvalue weighted by molar-refractivity contribution is 6.14. The molecule has 194 valence electrons. The van der Waals surface area contributed by atoms with Gasteiger partial charge in [-0.05, 0) is 44.0 Å². The number of allylic oxidation sites excluding steroid dienone is 1. The molecular weight excluding hydrogens is 482 g/mol. The van der Waals surface area contributed by atoms with E-state index in [9.17, 15) is 24.0 Å².